The van der Waals surface area contributed by atoms with Gasteiger partial charge < -0.3 is 4.74 Å². The number of halogens is 1. The Bertz CT molecular complexity index is 111. The van der Waals surface area contributed by atoms with Crippen molar-refractivity contribution in [2.24, 2.45) is 5.41 Å². The molecule has 0 radical (unpaired) electrons. The van der Waals surface area contributed by atoms with Crippen LogP contribution in [-0.4, -0.2) is 19.1 Å². The summed E-state index contributed by atoms with van der Waals surface area (Å²) in [4.78, 5) is 0. The number of unbranched alkanes of at least 4 members (excludes halogenated alkanes) is 1. The first-order chi connectivity index (χ1) is 6.18. The average molecular weight is 207 g/mol. The summed E-state index contributed by atoms with van der Waals surface area (Å²) in [6, 6.07) is 0. The van der Waals surface area contributed by atoms with Gasteiger partial charge in [-0.25, -0.2) is 0 Å². The van der Waals surface area contributed by atoms with E-state index >= 15 is 0 Å². The molecule has 1 nitrogen and oxygen atoms in total. The highest BCUT2D eigenvalue weighted by atomic mass is 35.5. The van der Waals surface area contributed by atoms with Crippen LogP contribution in [0, 0.1) is 5.41 Å². The predicted molar refractivity (Wildman–Crippen MR) is 59.5 cm³/mol. The lowest BCUT2D eigenvalue weighted by Gasteiger charge is -2.24. The smallest absolute Gasteiger partial charge is 0.0471 e. The lowest BCUT2D eigenvalue weighted by Crippen LogP contribution is -2.19. The van der Waals surface area contributed by atoms with E-state index in [-0.39, 0.29) is 5.41 Å². The van der Waals surface area contributed by atoms with E-state index in [9.17, 15) is 0 Å². The van der Waals surface area contributed by atoms with E-state index < -0.39 is 0 Å². The van der Waals surface area contributed by atoms with Gasteiger partial charge in [-0.2, -0.15) is 0 Å². The van der Waals surface area contributed by atoms with Crippen molar-refractivity contribution in [2.45, 2.75) is 46.5 Å². The topological polar surface area (TPSA) is 9.23 Å². The molecule has 0 amide bonds. The Morgan fingerprint density at radius 2 is 1.92 bits per heavy atom. The van der Waals surface area contributed by atoms with Crippen LogP contribution < -0.4 is 0 Å². The highest BCUT2D eigenvalue weighted by Gasteiger charge is 2.19. The zero-order valence-corrected chi connectivity index (χ0v) is 9.99. The summed E-state index contributed by atoms with van der Waals surface area (Å²) >= 11 is 5.89. The Morgan fingerprint density at radius 1 is 1.23 bits per heavy atom. The Morgan fingerprint density at radius 3 is 2.38 bits per heavy atom. The fraction of sp³-hybridized carbons (Fsp3) is 1.00. The Labute approximate surface area is 87.8 Å². The maximum Gasteiger partial charge on any atom is 0.0471 e. The second-order valence-electron chi connectivity index (χ2n) is 4.01. The molecule has 13 heavy (non-hydrogen) atoms. The monoisotopic (exact) mass is 206 g/mol. The van der Waals surface area contributed by atoms with Crippen LogP contribution in [0.3, 0.4) is 0 Å². The van der Waals surface area contributed by atoms with Gasteiger partial charge in [-0.1, -0.05) is 27.2 Å². The second kappa shape index (κ2) is 7.64. The van der Waals surface area contributed by atoms with Gasteiger partial charge in [-0.05, 0) is 24.7 Å². The van der Waals surface area contributed by atoms with Crippen LogP contribution in [0.2, 0.25) is 0 Å². The molecular weight excluding hydrogens is 184 g/mol. The summed E-state index contributed by atoms with van der Waals surface area (Å²) in [5.74, 6) is 0.737. The number of hydrogen-bond donors (Lipinski definition) is 0. The minimum Gasteiger partial charge on any atom is -0.381 e. The summed E-state index contributed by atoms with van der Waals surface area (Å²) in [5, 5.41) is 0. The molecule has 0 aliphatic rings. The number of rotatable bonds is 8. The molecular formula is C11H23ClO. The fourth-order valence-electron chi connectivity index (χ4n) is 1.01. The van der Waals surface area contributed by atoms with Crippen LogP contribution in [0.5, 0.6) is 0 Å². The molecule has 0 fully saturated rings. The van der Waals surface area contributed by atoms with E-state index in [0.717, 1.165) is 31.9 Å². The number of alkyl halides is 1. The van der Waals surface area contributed by atoms with Crippen LogP contribution in [0.15, 0.2) is 0 Å². The van der Waals surface area contributed by atoms with Gasteiger partial charge in [-0.15, -0.1) is 11.6 Å². The van der Waals surface area contributed by atoms with E-state index in [1.807, 2.05) is 0 Å². The first-order valence-electron chi connectivity index (χ1n) is 5.32. The molecule has 2 heteroatoms. The van der Waals surface area contributed by atoms with Gasteiger partial charge in [0.2, 0.25) is 0 Å². The molecule has 0 aliphatic carbocycles. The van der Waals surface area contributed by atoms with E-state index in [1.165, 1.54) is 12.8 Å². The van der Waals surface area contributed by atoms with Gasteiger partial charge >= 0.3 is 0 Å². The summed E-state index contributed by atoms with van der Waals surface area (Å²) in [6.07, 6.45) is 4.59. The molecule has 0 bridgehead atoms. The molecule has 0 aliphatic heterocycles. The highest BCUT2D eigenvalue weighted by molar-refractivity contribution is 6.18. The van der Waals surface area contributed by atoms with Gasteiger partial charge in [0, 0.05) is 19.1 Å². The first-order valence-corrected chi connectivity index (χ1v) is 5.85. The van der Waals surface area contributed by atoms with E-state index in [4.69, 9.17) is 16.3 Å². The lowest BCUT2D eigenvalue weighted by molar-refractivity contribution is 0.101. The van der Waals surface area contributed by atoms with Crippen LogP contribution in [0.1, 0.15) is 46.5 Å². The van der Waals surface area contributed by atoms with Crippen molar-refractivity contribution in [3.63, 3.8) is 0 Å². The lowest BCUT2D eigenvalue weighted by atomic mass is 9.87. The van der Waals surface area contributed by atoms with Gasteiger partial charge in [0.05, 0.1) is 0 Å². The molecule has 0 rings (SSSR count). The molecule has 0 saturated heterocycles. The molecule has 0 spiro atoms. The minimum atomic E-state index is 0.272. The fourth-order valence-corrected chi connectivity index (χ4v) is 1.33. The maximum atomic E-state index is 5.89. The van der Waals surface area contributed by atoms with E-state index in [2.05, 4.69) is 20.8 Å². The van der Waals surface area contributed by atoms with Crippen LogP contribution in [-0.2, 0) is 4.74 Å². The molecule has 80 valence electrons. The summed E-state index contributed by atoms with van der Waals surface area (Å²) in [5.41, 5.74) is 0.272. The molecule has 0 aromatic carbocycles. The van der Waals surface area contributed by atoms with Crippen LogP contribution in [0.25, 0.3) is 0 Å². The SMILES string of the molecule is CCCCOCCC(C)(CC)CCl. The normalized spacial score (nSPS) is 15.7. The van der Waals surface area contributed by atoms with E-state index in [1.54, 1.807) is 0 Å². The minimum absolute atomic E-state index is 0.272. The maximum absolute atomic E-state index is 5.89. The van der Waals surface area contributed by atoms with Gasteiger partial charge in [0.15, 0.2) is 0 Å². The second-order valence-corrected chi connectivity index (χ2v) is 4.28. The van der Waals surface area contributed by atoms with Crippen molar-refractivity contribution in [1.29, 1.82) is 0 Å². The molecule has 0 aromatic heterocycles. The summed E-state index contributed by atoms with van der Waals surface area (Å²) in [6.45, 7) is 8.35. The van der Waals surface area contributed by atoms with Crippen molar-refractivity contribution in [3.05, 3.63) is 0 Å². The standard InChI is InChI=1S/C11H23ClO/c1-4-6-8-13-9-7-11(3,5-2)10-12/h4-10H2,1-3H3. The molecule has 1 atom stereocenters. The van der Waals surface area contributed by atoms with E-state index in [0.29, 0.717) is 0 Å². The van der Waals surface area contributed by atoms with Crippen molar-refractivity contribution in [2.75, 3.05) is 19.1 Å². The largest absolute Gasteiger partial charge is 0.381 e. The highest BCUT2D eigenvalue weighted by Crippen LogP contribution is 2.26. The molecule has 1 unspecified atom stereocenters. The van der Waals surface area contributed by atoms with Crippen LogP contribution in [0.4, 0.5) is 0 Å². The Hall–Kier alpha value is 0.250. The quantitative estimate of drug-likeness (QED) is 0.433. The third kappa shape index (κ3) is 6.34. The molecule has 0 N–H and O–H groups in total. The Kier molecular flexibility index (Phi) is 7.78. The van der Waals surface area contributed by atoms with Gasteiger partial charge in [0.25, 0.3) is 0 Å². The Balaban J connectivity index is 3.39. The third-order valence-electron chi connectivity index (χ3n) is 2.67. The number of hydrogen-bond acceptors (Lipinski definition) is 1. The predicted octanol–water partition coefficient (Wildman–Crippen LogP) is 3.85. The third-order valence-corrected chi connectivity index (χ3v) is 3.31. The van der Waals surface area contributed by atoms with Gasteiger partial charge in [0.1, 0.15) is 0 Å². The van der Waals surface area contributed by atoms with Crippen molar-refractivity contribution in [1.82, 2.24) is 0 Å². The first kappa shape index (κ1) is 13.2. The zero-order chi connectivity index (χ0) is 10.2. The van der Waals surface area contributed by atoms with Crippen molar-refractivity contribution >= 4 is 11.6 Å². The molecule has 0 heterocycles. The summed E-state index contributed by atoms with van der Waals surface area (Å²) in [7, 11) is 0. The van der Waals surface area contributed by atoms with Crippen molar-refractivity contribution < 1.29 is 4.74 Å². The van der Waals surface area contributed by atoms with Gasteiger partial charge in [-0.3, -0.25) is 0 Å². The number of ether oxygens (including phenoxy) is 1. The molecule has 0 saturated carbocycles. The molecule has 0 aromatic rings. The average Bonchev–Trinajstić information content (AvgIpc) is 2.17. The van der Waals surface area contributed by atoms with Crippen LogP contribution >= 0.6 is 11.6 Å². The summed E-state index contributed by atoms with van der Waals surface area (Å²) < 4.78 is 5.51. The zero-order valence-electron chi connectivity index (χ0n) is 9.24. The van der Waals surface area contributed by atoms with Crippen molar-refractivity contribution in [3.8, 4) is 0 Å².